The molecule has 92 valence electrons. The molecule has 17 heavy (non-hydrogen) atoms. The first-order valence-corrected chi connectivity index (χ1v) is 7.17. The first-order valence-electron chi connectivity index (χ1n) is 5.95. The van der Waals surface area contributed by atoms with Gasteiger partial charge in [-0.1, -0.05) is 6.92 Å². The van der Waals surface area contributed by atoms with Crippen molar-refractivity contribution >= 4 is 23.4 Å². The molecule has 3 nitrogen and oxygen atoms in total. The minimum absolute atomic E-state index is 0.000210. The van der Waals surface area contributed by atoms with E-state index in [0.717, 1.165) is 25.2 Å². The summed E-state index contributed by atoms with van der Waals surface area (Å²) in [5.74, 6) is 0.198. The van der Waals surface area contributed by atoms with Crippen LogP contribution < -0.4 is 10.2 Å². The average molecular weight is 250 g/mol. The molecule has 1 unspecified atom stereocenters. The van der Waals surface area contributed by atoms with Crippen molar-refractivity contribution in [3.63, 3.8) is 0 Å². The highest BCUT2D eigenvalue weighted by atomic mass is 32.2. The van der Waals surface area contributed by atoms with Gasteiger partial charge in [0, 0.05) is 17.1 Å². The Morgan fingerprint density at radius 3 is 2.71 bits per heavy atom. The SMILES string of the molecule is CCNC1CCN(c2ccc(SC)cc2)C1=O. The van der Waals surface area contributed by atoms with Gasteiger partial charge in [-0.25, -0.2) is 0 Å². The van der Waals surface area contributed by atoms with Crippen LogP contribution in [0.5, 0.6) is 0 Å². The van der Waals surface area contributed by atoms with Gasteiger partial charge in [0.15, 0.2) is 0 Å². The first-order chi connectivity index (χ1) is 8.26. The molecule has 1 aliphatic heterocycles. The summed E-state index contributed by atoms with van der Waals surface area (Å²) in [4.78, 5) is 15.2. The van der Waals surface area contributed by atoms with Gasteiger partial charge < -0.3 is 10.2 Å². The molecule has 0 aliphatic carbocycles. The van der Waals surface area contributed by atoms with Crippen LogP contribution >= 0.6 is 11.8 Å². The number of anilines is 1. The Labute approximate surface area is 107 Å². The van der Waals surface area contributed by atoms with E-state index in [1.807, 2.05) is 24.0 Å². The second-order valence-corrected chi connectivity index (χ2v) is 4.97. The van der Waals surface area contributed by atoms with Gasteiger partial charge >= 0.3 is 0 Å². The zero-order valence-electron chi connectivity index (χ0n) is 10.3. The summed E-state index contributed by atoms with van der Waals surface area (Å²) in [5, 5.41) is 3.22. The van der Waals surface area contributed by atoms with E-state index >= 15 is 0 Å². The molecule has 1 heterocycles. The Balaban J connectivity index is 2.10. The molecule has 1 fully saturated rings. The maximum atomic E-state index is 12.1. The fraction of sp³-hybridized carbons (Fsp3) is 0.462. The molecule has 0 aromatic heterocycles. The van der Waals surface area contributed by atoms with Crippen LogP contribution in [0.4, 0.5) is 5.69 Å². The highest BCUT2D eigenvalue weighted by molar-refractivity contribution is 7.98. The number of benzene rings is 1. The molecule has 0 bridgehead atoms. The third kappa shape index (κ3) is 2.64. The van der Waals surface area contributed by atoms with Crippen molar-refractivity contribution in [3.05, 3.63) is 24.3 Å². The van der Waals surface area contributed by atoms with Gasteiger partial charge in [-0.05, 0) is 43.5 Å². The standard InChI is InChI=1S/C13H18N2OS/c1-3-14-12-8-9-15(13(12)16)10-4-6-11(17-2)7-5-10/h4-7,12,14H,3,8-9H2,1-2H3. The van der Waals surface area contributed by atoms with E-state index in [9.17, 15) is 4.79 Å². The Hall–Kier alpha value is -1.00. The summed E-state index contributed by atoms with van der Waals surface area (Å²) in [6, 6.07) is 8.18. The van der Waals surface area contributed by atoms with Gasteiger partial charge in [-0.3, -0.25) is 4.79 Å². The number of thioether (sulfide) groups is 1. The lowest BCUT2D eigenvalue weighted by Crippen LogP contribution is -2.38. The molecular weight excluding hydrogens is 232 g/mol. The Morgan fingerprint density at radius 2 is 2.12 bits per heavy atom. The minimum atomic E-state index is 0.000210. The zero-order chi connectivity index (χ0) is 12.3. The van der Waals surface area contributed by atoms with Gasteiger partial charge in [0.25, 0.3) is 0 Å². The topological polar surface area (TPSA) is 32.3 Å². The lowest BCUT2D eigenvalue weighted by Gasteiger charge is -2.17. The summed E-state index contributed by atoms with van der Waals surface area (Å²) >= 11 is 1.71. The molecule has 1 saturated heterocycles. The van der Waals surface area contributed by atoms with Crippen LogP contribution in [0.15, 0.2) is 29.2 Å². The Bertz CT molecular complexity index is 391. The molecule has 1 aliphatic rings. The Kier molecular flexibility index (Phi) is 4.07. The van der Waals surface area contributed by atoms with E-state index in [0.29, 0.717) is 0 Å². The quantitative estimate of drug-likeness (QED) is 0.831. The molecule has 1 aromatic carbocycles. The monoisotopic (exact) mass is 250 g/mol. The van der Waals surface area contributed by atoms with Crippen molar-refractivity contribution in [1.82, 2.24) is 5.32 Å². The third-order valence-electron chi connectivity index (χ3n) is 3.04. The summed E-state index contributed by atoms with van der Waals surface area (Å²) in [7, 11) is 0. The number of amides is 1. The fourth-order valence-corrected chi connectivity index (χ4v) is 2.54. The summed E-state index contributed by atoms with van der Waals surface area (Å²) in [6.07, 6.45) is 2.95. The lowest BCUT2D eigenvalue weighted by atomic mass is 10.2. The molecule has 2 rings (SSSR count). The minimum Gasteiger partial charge on any atom is -0.311 e. The molecule has 4 heteroatoms. The van der Waals surface area contributed by atoms with Crippen molar-refractivity contribution in [3.8, 4) is 0 Å². The van der Waals surface area contributed by atoms with E-state index in [1.165, 1.54) is 4.90 Å². The van der Waals surface area contributed by atoms with Crippen LogP contribution in [0.3, 0.4) is 0 Å². The maximum absolute atomic E-state index is 12.1. The number of hydrogen-bond donors (Lipinski definition) is 1. The van der Waals surface area contributed by atoms with Crippen LogP contribution in [0, 0.1) is 0 Å². The normalized spacial score (nSPS) is 20.0. The van der Waals surface area contributed by atoms with E-state index in [1.54, 1.807) is 11.8 Å². The average Bonchev–Trinajstić information content (AvgIpc) is 2.72. The zero-order valence-corrected chi connectivity index (χ0v) is 11.1. The van der Waals surface area contributed by atoms with Gasteiger partial charge in [0.2, 0.25) is 5.91 Å². The lowest BCUT2D eigenvalue weighted by molar-refractivity contribution is -0.118. The van der Waals surface area contributed by atoms with Gasteiger partial charge in [0.1, 0.15) is 0 Å². The van der Waals surface area contributed by atoms with Crippen LogP contribution in [0.1, 0.15) is 13.3 Å². The second kappa shape index (κ2) is 5.56. The summed E-state index contributed by atoms with van der Waals surface area (Å²) < 4.78 is 0. The molecule has 0 saturated carbocycles. The van der Waals surface area contributed by atoms with Crippen LogP contribution in [0.25, 0.3) is 0 Å². The van der Waals surface area contributed by atoms with E-state index in [4.69, 9.17) is 0 Å². The van der Waals surface area contributed by atoms with E-state index < -0.39 is 0 Å². The number of hydrogen-bond acceptors (Lipinski definition) is 3. The third-order valence-corrected chi connectivity index (χ3v) is 3.78. The first kappa shape index (κ1) is 12.5. The van der Waals surface area contributed by atoms with Crippen molar-refractivity contribution in [2.24, 2.45) is 0 Å². The van der Waals surface area contributed by atoms with Crippen molar-refractivity contribution < 1.29 is 4.79 Å². The number of likely N-dealkylation sites (N-methyl/N-ethyl adjacent to an activating group) is 1. The van der Waals surface area contributed by atoms with Crippen LogP contribution in [-0.2, 0) is 4.79 Å². The van der Waals surface area contributed by atoms with Gasteiger partial charge in [-0.2, -0.15) is 0 Å². The molecule has 0 spiro atoms. The van der Waals surface area contributed by atoms with Crippen molar-refractivity contribution in [2.45, 2.75) is 24.3 Å². The Morgan fingerprint density at radius 1 is 1.41 bits per heavy atom. The fourth-order valence-electron chi connectivity index (χ4n) is 2.13. The van der Waals surface area contributed by atoms with Gasteiger partial charge in [-0.15, -0.1) is 11.8 Å². The second-order valence-electron chi connectivity index (χ2n) is 4.09. The maximum Gasteiger partial charge on any atom is 0.244 e. The smallest absolute Gasteiger partial charge is 0.244 e. The number of nitrogens with one attached hydrogen (secondary N) is 1. The highest BCUT2D eigenvalue weighted by Crippen LogP contribution is 2.24. The van der Waals surface area contributed by atoms with Crippen molar-refractivity contribution in [2.75, 3.05) is 24.2 Å². The molecule has 1 atom stereocenters. The van der Waals surface area contributed by atoms with Gasteiger partial charge in [0.05, 0.1) is 6.04 Å². The molecule has 1 N–H and O–H groups in total. The summed E-state index contributed by atoms with van der Waals surface area (Å²) in [5.41, 5.74) is 1.01. The largest absolute Gasteiger partial charge is 0.311 e. The van der Waals surface area contributed by atoms with Crippen LogP contribution in [-0.4, -0.2) is 31.3 Å². The predicted octanol–water partition coefficient (Wildman–Crippen LogP) is 2.12. The van der Waals surface area contributed by atoms with Crippen LogP contribution in [0.2, 0.25) is 0 Å². The van der Waals surface area contributed by atoms with E-state index in [2.05, 4.69) is 23.7 Å². The summed E-state index contributed by atoms with van der Waals surface area (Å²) in [6.45, 7) is 3.69. The molecule has 1 amide bonds. The molecular formula is C13H18N2OS. The van der Waals surface area contributed by atoms with E-state index in [-0.39, 0.29) is 11.9 Å². The van der Waals surface area contributed by atoms with Crippen molar-refractivity contribution in [1.29, 1.82) is 0 Å². The number of rotatable bonds is 4. The molecule has 1 aromatic rings. The number of carbonyl (C=O) groups is 1. The predicted molar refractivity (Wildman–Crippen MR) is 72.7 cm³/mol. The number of carbonyl (C=O) groups excluding carboxylic acids is 1. The highest BCUT2D eigenvalue weighted by Gasteiger charge is 2.31. The number of nitrogens with zero attached hydrogens (tertiary/aromatic N) is 1. The molecule has 0 radical (unpaired) electrons.